The van der Waals surface area contributed by atoms with Crippen molar-refractivity contribution in [1.29, 1.82) is 0 Å². The van der Waals surface area contributed by atoms with Crippen LogP contribution in [0.1, 0.15) is 11.5 Å². The van der Waals surface area contributed by atoms with Crippen LogP contribution in [0.25, 0.3) is 38.6 Å². The molecule has 1 aliphatic carbocycles. The van der Waals surface area contributed by atoms with E-state index < -0.39 is 0 Å². The summed E-state index contributed by atoms with van der Waals surface area (Å²) in [5, 5.41) is 2.41. The van der Waals surface area contributed by atoms with Crippen LogP contribution in [0.5, 0.6) is 11.5 Å². The molecular weight excluding hydrogens is 833 g/mol. The van der Waals surface area contributed by atoms with Crippen LogP contribution in [0.15, 0.2) is 243 Å². The molecule has 0 saturated heterocycles. The summed E-state index contributed by atoms with van der Waals surface area (Å²) in [5.41, 5.74) is 15.9. The van der Waals surface area contributed by atoms with Gasteiger partial charge < -0.3 is 28.7 Å². The number of rotatable bonds is 11. The Bertz CT molecular complexity index is 3470. The van der Waals surface area contributed by atoms with Crippen molar-refractivity contribution < 1.29 is 9.47 Å². The van der Waals surface area contributed by atoms with Crippen molar-refractivity contribution >= 4 is 67.3 Å². The highest BCUT2D eigenvalue weighted by atomic mass is 16.5. The maximum atomic E-state index is 5.58. The maximum absolute atomic E-state index is 5.58. The summed E-state index contributed by atoms with van der Waals surface area (Å²) in [4.78, 5) is 7.14. The van der Waals surface area contributed by atoms with E-state index in [2.05, 4.69) is 238 Å². The fraction of sp³-hybridized carbons (Fsp3) is 0.0645. The Hall–Kier alpha value is -8.74. The van der Waals surface area contributed by atoms with Crippen molar-refractivity contribution in [1.82, 2.24) is 4.57 Å². The molecule has 68 heavy (non-hydrogen) atoms. The Morgan fingerprint density at radius 1 is 0.397 bits per heavy atom. The van der Waals surface area contributed by atoms with E-state index in [-0.39, 0.29) is 12.0 Å². The third kappa shape index (κ3) is 7.15. The topological polar surface area (TPSA) is 33.1 Å². The number of fused-ring (bicyclic) bond motifs is 6. The molecule has 2 unspecified atom stereocenters. The molecule has 1 aromatic heterocycles. The predicted octanol–water partition coefficient (Wildman–Crippen LogP) is 16.1. The Kier molecular flexibility index (Phi) is 10.3. The van der Waals surface area contributed by atoms with Crippen molar-refractivity contribution in [3.8, 4) is 28.3 Å². The van der Waals surface area contributed by atoms with Gasteiger partial charge in [-0.05, 0) is 156 Å². The molecule has 0 amide bonds. The van der Waals surface area contributed by atoms with Gasteiger partial charge in [-0.2, -0.15) is 0 Å². The number of hydrogen-bond donors (Lipinski definition) is 0. The summed E-state index contributed by atoms with van der Waals surface area (Å²) in [6, 6.07) is 78.4. The molecule has 6 nitrogen and oxygen atoms in total. The molecule has 0 bridgehead atoms. The highest BCUT2D eigenvalue weighted by molar-refractivity contribution is 6.10. The second-order valence-electron chi connectivity index (χ2n) is 17.3. The van der Waals surface area contributed by atoms with Gasteiger partial charge in [0.25, 0.3) is 0 Å². The summed E-state index contributed by atoms with van der Waals surface area (Å²) >= 11 is 0. The molecular formula is C62H48N4O2. The van der Waals surface area contributed by atoms with Crippen LogP contribution >= 0.6 is 0 Å². The minimum absolute atomic E-state index is 0.216. The molecule has 2 atom stereocenters. The smallest absolute Gasteiger partial charge is 0.119 e. The molecule has 1 aliphatic heterocycles. The van der Waals surface area contributed by atoms with Crippen molar-refractivity contribution in [3.05, 3.63) is 248 Å². The Morgan fingerprint density at radius 2 is 0.868 bits per heavy atom. The molecule has 12 rings (SSSR count). The molecule has 0 N–H and O–H groups in total. The molecule has 0 radical (unpaired) electrons. The van der Waals surface area contributed by atoms with Gasteiger partial charge in [-0.1, -0.05) is 103 Å². The third-order valence-corrected chi connectivity index (χ3v) is 13.5. The van der Waals surface area contributed by atoms with Gasteiger partial charge in [-0.25, -0.2) is 0 Å². The molecule has 328 valence electrons. The zero-order chi connectivity index (χ0) is 45.6. The van der Waals surface area contributed by atoms with Gasteiger partial charge in [-0.3, -0.25) is 0 Å². The lowest BCUT2D eigenvalue weighted by Gasteiger charge is -2.28. The van der Waals surface area contributed by atoms with Crippen molar-refractivity contribution in [2.75, 3.05) is 28.9 Å². The number of anilines is 8. The summed E-state index contributed by atoms with van der Waals surface area (Å²) < 4.78 is 13.5. The average Bonchev–Trinajstić information content (AvgIpc) is 3.92. The standard InChI is InChI=1S/C62H48N4O2/c1-67-53-35-29-49(30-36-53)63(51-33-39-61-57(41-51)55-17-9-11-19-59(55)65(61)45-13-5-3-6-14-45)47-25-21-43(22-26-47)44-23-27-48(28-24-44)64(50-31-37-54(68-2)38-32-50)52-34-40-62-58(42-52)56-18-10-12-20-60(56)66(62)46-15-7-4-8-16-46/h3-42,55,59H,1-2H3. The molecule has 6 heteroatoms. The highest BCUT2D eigenvalue weighted by Crippen LogP contribution is 2.50. The van der Waals surface area contributed by atoms with Gasteiger partial charge in [0.05, 0.1) is 31.3 Å². The quantitative estimate of drug-likeness (QED) is 0.129. The van der Waals surface area contributed by atoms with Crippen LogP contribution in [-0.2, 0) is 0 Å². The van der Waals surface area contributed by atoms with Gasteiger partial charge in [0.1, 0.15) is 11.5 Å². The molecule has 2 aliphatic rings. The van der Waals surface area contributed by atoms with E-state index in [9.17, 15) is 0 Å². The van der Waals surface area contributed by atoms with Gasteiger partial charge in [0.2, 0.25) is 0 Å². The predicted molar refractivity (Wildman–Crippen MR) is 282 cm³/mol. The van der Waals surface area contributed by atoms with E-state index in [1.807, 2.05) is 24.3 Å². The molecule has 0 saturated carbocycles. The van der Waals surface area contributed by atoms with E-state index in [4.69, 9.17) is 9.47 Å². The molecule has 2 heterocycles. The number of para-hydroxylation sites is 3. The van der Waals surface area contributed by atoms with E-state index in [1.165, 1.54) is 38.7 Å². The number of hydrogen-bond acceptors (Lipinski definition) is 5. The number of aromatic nitrogens is 1. The molecule has 0 fully saturated rings. The number of allylic oxidation sites excluding steroid dienone is 2. The van der Waals surface area contributed by atoms with E-state index in [0.29, 0.717) is 0 Å². The van der Waals surface area contributed by atoms with Gasteiger partial charge in [0.15, 0.2) is 0 Å². The lowest BCUT2D eigenvalue weighted by Crippen LogP contribution is -2.28. The lowest BCUT2D eigenvalue weighted by molar-refractivity contribution is 0.414. The zero-order valence-corrected chi connectivity index (χ0v) is 37.9. The number of nitrogens with zero attached hydrogens (tertiary/aromatic N) is 4. The lowest BCUT2D eigenvalue weighted by atomic mass is 9.91. The van der Waals surface area contributed by atoms with Crippen molar-refractivity contribution in [3.63, 3.8) is 0 Å². The van der Waals surface area contributed by atoms with E-state index in [1.54, 1.807) is 14.2 Å². The van der Waals surface area contributed by atoms with Gasteiger partial charge in [-0.15, -0.1) is 0 Å². The second kappa shape index (κ2) is 17.2. The first-order chi connectivity index (χ1) is 33.6. The maximum Gasteiger partial charge on any atom is 0.119 e. The summed E-state index contributed by atoms with van der Waals surface area (Å²) in [6.07, 6.45) is 9.02. The molecule has 9 aromatic carbocycles. The highest BCUT2D eigenvalue weighted by Gasteiger charge is 2.38. The Morgan fingerprint density at radius 3 is 1.46 bits per heavy atom. The van der Waals surface area contributed by atoms with Gasteiger partial charge >= 0.3 is 0 Å². The minimum atomic E-state index is 0.216. The summed E-state index contributed by atoms with van der Waals surface area (Å²) in [5.74, 6) is 1.88. The first kappa shape index (κ1) is 40.7. The largest absolute Gasteiger partial charge is 0.497 e. The summed E-state index contributed by atoms with van der Waals surface area (Å²) in [6.45, 7) is 0. The van der Waals surface area contributed by atoms with Crippen LogP contribution in [-0.4, -0.2) is 24.8 Å². The zero-order valence-electron chi connectivity index (χ0n) is 37.9. The molecule has 0 spiro atoms. The van der Waals surface area contributed by atoms with Crippen molar-refractivity contribution in [2.24, 2.45) is 0 Å². The minimum Gasteiger partial charge on any atom is -0.497 e. The Balaban J connectivity index is 0.897. The second-order valence-corrected chi connectivity index (χ2v) is 17.3. The fourth-order valence-electron chi connectivity index (χ4n) is 10.3. The first-order valence-corrected chi connectivity index (χ1v) is 23.1. The number of methoxy groups -OCH3 is 2. The normalized spacial score (nSPS) is 14.8. The van der Waals surface area contributed by atoms with E-state index >= 15 is 0 Å². The summed E-state index contributed by atoms with van der Waals surface area (Å²) in [7, 11) is 3.42. The third-order valence-electron chi connectivity index (χ3n) is 13.5. The van der Waals surface area contributed by atoms with Crippen molar-refractivity contribution in [2.45, 2.75) is 12.0 Å². The van der Waals surface area contributed by atoms with Crippen LogP contribution in [0.2, 0.25) is 0 Å². The molecule has 10 aromatic rings. The fourth-order valence-corrected chi connectivity index (χ4v) is 10.3. The first-order valence-electron chi connectivity index (χ1n) is 23.1. The van der Waals surface area contributed by atoms with Crippen LogP contribution in [0.4, 0.5) is 45.5 Å². The monoisotopic (exact) mass is 880 g/mol. The SMILES string of the molecule is COc1ccc(N(c2ccc(-c3ccc(N(c4ccc(OC)cc4)c4ccc5c(c4)c4ccccc4n5-c4ccccc4)cc3)cc2)c2ccc3c(c2)C2C=CC=CC2N3c2ccccc2)cc1. The van der Waals surface area contributed by atoms with Crippen LogP contribution in [0, 0.1) is 0 Å². The Labute approximate surface area is 397 Å². The number of benzene rings is 9. The number of ether oxygens (including phenoxy) is 2. The average molecular weight is 881 g/mol. The van der Waals surface area contributed by atoms with Crippen LogP contribution < -0.4 is 24.2 Å². The van der Waals surface area contributed by atoms with Gasteiger partial charge in [0, 0.05) is 67.9 Å². The van der Waals surface area contributed by atoms with E-state index in [0.717, 1.165) is 62.4 Å². The van der Waals surface area contributed by atoms with Crippen LogP contribution in [0.3, 0.4) is 0 Å².